The molecular weight excluding hydrogens is 174 g/mol. The molecule has 2 nitrogen and oxygen atoms in total. The van der Waals surface area contributed by atoms with E-state index in [1.54, 1.807) is 19.0 Å². The Balaban J connectivity index is 3.02. The number of amides is 1. The van der Waals surface area contributed by atoms with Crippen molar-refractivity contribution in [3.05, 3.63) is 35.9 Å². The molecule has 0 aliphatic heterocycles. The first-order chi connectivity index (χ1) is 6.46. The molecule has 0 fully saturated rings. The molecular formula is C12H16NO. The molecule has 0 saturated carbocycles. The average molecular weight is 190 g/mol. The van der Waals surface area contributed by atoms with Gasteiger partial charge in [0.25, 0.3) is 0 Å². The van der Waals surface area contributed by atoms with E-state index in [4.69, 9.17) is 0 Å². The molecule has 1 amide bonds. The van der Waals surface area contributed by atoms with Crippen LogP contribution in [0.15, 0.2) is 24.3 Å². The van der Waals surface area contributed by atoms with Crippen LogP contribution in [-0.4, -0.2) is 24.9 Å². The largest absolute Gasteiger partial charge is 0.348 e. The Morgan fingerprint density at radius 2 is 1.79 bits per heavy atom. The topological polar surface area (TPSA) is 20.3 Å². The first kappa shape index (κ1) is 10.8. The van der Waals surface area contributed by atoms with Crippen LogP contribution in [0.3, 0.4) is 0 Å². The fourth-order valence-electron chi connectivity index (χ4n) is 1.49. The van der Waals surface area contributed by atoms with Gasteiger partial charge in [0.2, 0.25) is 5.91 Å². The van der Waals surface area contributed by atoms with E-state index in [1.807, 2.05) is 38.1 Å². The molecule has 75 valence electrons. The number of rotatable bonds is 2. The predicted molar refractivity (Wildman–Crippen MR) is 57.0 cm³/mol. The van der Waals surface area contributed by atoms with Crippen molar-refractivity contribution >= 4 is 5.91 Å². The van der Waals surface area contributed by atoms with E-state index in [1.165, 1.54) is 0 Å². The minimum Gasteiger partial charge on any atom is -0.348 e. The fourth-order valence-corrected chi connectivity index (χ4v) is 1.49. The zero-order valence-electron chi connectivity index (χ0n) is 9.16. The lowest BCUT2D eigenvalue weighted by atomic mass is 9.83. The standard InChI is InChI=1S/C12H16NO/c1-12(2,11(14)13(3)4)10-8-6-5-7-9-10/h6-9H,1-4H3. The van der Waals surface area contributed by atoms with Gasteiger partial charge in [-0.3, -0.25) is 4.79 Å². The summed E-state index contributed by atoms with van der Waals surface area (Å²) in [6, 6.07) is 10.5. The van der Waals surface area contributed by atoms with Crippen molar-refractivity contribution in [2.45, 2.75) is 19.3 Å². The first-order valence-corrected chi connectivity index (χ1v) is 4.64. The maximum absolute atomic E-state index is 11.9. The van der Waals surface area contributed by atoms with Crippen molar-refractivity contribution in [3.8, 4) is 0 Å². The number of carbonyl (C=O) groups is 1. The Labute approximate surface area is 85.5 Å². The molecule has 0 aromatic heterocycles. The van der Waals surface area contributed by atoms with E-state index in [9.17, 15) is 4.79 Å². The molecule has 0 bridgehead atoms. The van der Waals surface area contributed by atoms with Crippen molar-refractivity contribution in [2.75, 3.05) is 14.1 Å². The molecule has 0 spiro atoms. The molecule has 14 heavy (non-hydrogen) atoms. The van der Waals surface area contributed by atoms with Crippen LogP contribution in [0.25, 0.3) is 0 Å². The average Bonchev–Trinajstić information content (AvgIpc) is 2.18. The van der Waals surface area contributed by atoms with Crippen LogP contribution in [0.4, 0.5) is 0 Å². The highest BCUT2D eigenvalue weighted by Crippen LogP contribution is 2.24. The summed E-state index contributed by atoms with van der Waals surface area (Å²) in [5.74, 6) is 0.115. The Bertz CT molecular complexity index is 314. The number of carbonyl (C=O) groups excluding carboxylic acids is 1. The summed E-state index contributed by atoms with van der Waals surface area (Å²) in [5, 5.41) is 0. The number of likely N-dealkylation sites (N-methyl/N-ethyl adjacent to an activating group) is 1. The van der Waals surface area contributed by atoms with Gasteiger partial charge in [0.05, 0.1) is 5.41 Å². The van der Waals surface area contributed by atoms with Crippen LogP contribution in [-0.2, 0) is 10.2 Å². The minimum atomic E-state index is -0.460. The molecule has 0 unspecified atom stereocenters. The zero-order valence-corrected chi connectivity index (χ0v) is 9.16. The van der Waals surface area contributed by atoms with Crippen molar-refractivity contribution in [3.63, 3.8) is 0 Å². The molecule has 1 aromatic rings. The Kier molecular flexibility index (Phi) is 2.94. The lowest BCUT2D eigenvalue weighted by Crippen LogP contribution is -2.39. The summed E-state index contributed by atoms with van der Waals surface area (Å²) in [5.41, 5.74) is 0.563. The molecule has 0 saturated heterocycles. The molecule has 0 heterocycles. The van der Waals surface area contributed by atoms with Gasteiger partial charge < -0.3 is 4.90 Å². The summed E-state index contributed by atoms with van der Waals surface area (Å²) >= 11 is 0. The monoisotopic (exact) mass is 190 g/mol. The highest BCUT2D eigenvalue weighted by Gasteiger charge is 2.30. The van der Waals surface area contributed by atoms with Crippen LogP contribution >= 0.6 is 0 Å². The fraction of sp³-hybridized carbons (Fsp3) is 0.417. The van der Waals surface area contributed by atoms with Gasteiger partial charge in [0.15, 0.2) is 0 Å². The van der Waals surface area contributed by atoms with E-state index in [0.29, 0.717) is 0 Å². The van der Waals surface area contributed by atoms with Crippen LogP contribution in [0.5, 0.6) is 0 Å². The van der Waals surface area contributed by atoms with Gasteiger partial charge in [-0.2, -0.15) is 0 Å². The third-order valence-electron chi connectivity index (χ3n) is 2.38. The van der Waals surface area contributed by atoms with Crippen molar-refractivity contribution in [1.82, 2.24) is 4.90 Å². The van der Waals surface area contributed by atoms with Crippen LogP contribution < -0.4 is 0 Å². The third kappa shape index (κ3) is 1.95. The molecule has 0 N–H and O–H groups in total. The molecule has 1 aromatic carbocycles. The number of hydrogen-bond acceptors (Lipinski definition) is 1. The Morgan fingerprint density at radius 1 is 1.29 bits per heavy atom. The molecule has 1 rings (SSSR count). The Morgan fingerprint density at radius 3 is 2.21 bits per heavy atom. The van der Waals surface area contributed by atoms with E-state index in [-0.39, 0.29) is 5.91 Å². The summed E-state index contributed by atoms with van der Waals surface area (Å²) in [6.45, 7) is 3.87. The predicted octanol–water partition coefficient (Wildman–Crippen LogP) is 1.85. The lowest BCUT2D eigenvalue weighted by Gasteiger charge is -2.27. The first-order valence-electron chi connectivity index (χ1n) is 4.64. The second kappa shape index (κ2) is 3.82. The number of hydrogen-bond donors (Lipinski definition) is 0. The minimum absolute atomic E-state index is 0.115. The maximum Gasteiger partial charge on any atom is 0.232 e. The van der Waals surface area contributed by atoms with Crippen molar-refractivity contribution < 1.29 is 4.79 Å². The van der Waals surface area contributed by atoms with Crippen molar-refractivity contribution in [1.29, 1.82) is 0 Å². The zero-order chi connectivity index (χ0) is 10.8. The number of benzene rings is 1. The van der Waals surface area contributed by atoms with Gasteiger partial charge in [-0.15, -0.1) is 0 Å². The van der Waals surface area contributed by atoms with Gasteiger partial charge in [-0.1, -0.05) is 24.3 Å². The van der Waals surface area contributed by atoms with Crippen LogP contribution in [0.1, 0.15) is 19.4 Å². The molecule has 0 aliphatic carbocycles. The van der Waals surface area contributed by atoms with Gasteiger partial charge in [-0.25, -0.2) is 0 Å². The molecule has 0 aliphatic rings. The van der Waals surface area contributed by atoms with Gasteiger partial charge in [0, 0.05) is 14.1 Å². The quantitative estimate of drug-likeness (QED) is 0.697. The van der Waals surface area contributed by atoms with Gasteiger partial charge in [0.1, 0.15) is 0 Å². The second-order valence-corrected chi connectivity index (χ2v) is 4.11. The maximum atomic E-state index is 11.9. The molecule has 2 heteroatoms. The van der Waals surface area contributed by atoms with E-state index in [0.717, 1.165) is 5.56 Å². The van der Waals surface area contributed by atoms with Crippen LogP contribution in [0, 0.1) is 6.07 Å². The smallest absolute Gasteiger partial charge is 0.232 e. The summed E-state index contributed by atoms with van der Waals surface area (Å²) < 4.78 is 0. The van der Waals surface area contributed by atoms with Gasteiger partial charge in [-0.05, 0) is 25.5 Å². The Hall–Kier alpha value is -1.31. The third-order valence-corrected chi connectivity index (χ3v) is 2.38. The van der Waals surface area contributed by atoms with E-state index in [2.05, 4.69) is 6.07 Å². The highest BCUT2D eigenvalue weighted by molar-refractivity contribution is 5.86. The highest BCUT2D eigenvalue weighted by atomic mass is 16.2. The van der Waals surface area contributed by atoms with E-state index >= 15 is 0 Å². The SMILES string of the molecule is CN(C)C(=O)C(C)(C)c1cc[c]cc1. The summed E-state index contributed by atoms with van der Waals surface area (Å²) in [6.07, 6.45) is 0. The number of nitrogens with zero attached hydrogens (tertiary/aromatic N) is 1. The summed E-state index contributed by atoms with van der Waals surface area (Å²) in [7, 11) is 3.55. The van der Waals surface area contributed by atoms with E-state index < -0.39 is 5.41 Å². The van der Waals surface area contributed by atoms with Crippen LogP contribution in [0.2, 0.25) is 0 Å². The second-order valence-electron chi connectivity index (χ2n) is 4.11. The molecule has 1 radical (unpaired) electrons. The lowest BCUT2D eigenvalue weighted by molar-refractivity contribution is -0.133. The normalized spacial score (nSPS) is 11.1. The van der Waals surface area contributed by atoms with Gasteiger partial charge >= 0.3 is 0 Å². The molecule has 0 atom stereocenters. The summed E-state index contributed by atoms with van der Waals surface area (Å²) in [4.78, 5) is 13.5. The van der Waals surface area contributed by atoms with Crippen molar-refractivity contribution in [2.24, 2.45) is 0 Å².